The van der Waals surface area contributed by atoms with Gasteiger partial charge in [-0.15, -0.1) is 0 Å². The van der Waals surface area contributed by atoms with Crippen LogP contribution in [0.25, 0.3) is 0 Å². The van der Waals surface area contributed by atoms with Crippen molar-refractivity contribution < 1.29 is 9.90 Å². The summed E-state index contributed by atoms with van der Waals surface area (Å²) in [7, 11) is 0. The van der Waals surface area contributed by atoms with Gasteiger partial charge in [0, 0.05) is 6.04 Å². The van der Waals surface area contributed by atoms with E-state index in [1.54, 1.807) is 18.2 Å². The third-order valence-electron chi connectivity index (χ3n) is 2.72. The van der Waals surface area contributed by atoms with Crippen LogP contribution in [0.2, 0.25) is 5.02 Å². The first kappa shape index (κ1) is 11.2. The molecule has 4 nitrogen and oxygen atoms in total. The fraction of sp³-hybridized carbons (Fsp3) is 0.364. The molecule has 0 unspecified atom stereocenters. The van der Waals surface area contributed by atoms with E-state index in [-0.39, 0.29) is 23.1 Å². The smallest absolute Gasteiger partial charge is 0.253 e. The zero-order valence-corrected chi connectivity index (χ0v) is 9.37. The molecule has 1 amide bonds. The molecule has 0 saturated heterocycles. The van der Waals surface area contributed by atoms with Gasteiger partial charge in [0.1, 0.15) is 0 Å². The normalized spacial score (nSPS) is 23.6. The van der Waals surface area contributed by atoms with Gasteiger partial charge >= 0.3 is 0 Å². The summed E-state index contributed by atoms with van der Waals surface area (Å²) in [5.41, 5.74) is 6.38. The monoisotopic (exact) mass is 240 g/mol. The molecule has 0 aromatic heterocycles. The van der Waals surface area contributed by atoms with Crippen molar-refractivity contribution in [1.82, 2.24) is 5.32 Å². The first-order chi connectivity index (χ1) is 7.58. The number of rotatable bonds is 2. The number of nitrogens with one attached hydrogen (secondary N) is 1. The number of hydrogen-bond donors (Lipinski definition) is 3. The third kappa shape index (κ3) is 2.13. The number of anilines is 1. The van der Waals surface area contributed by atoms with Gasteiger partial charge in [-0.05, 0) is 25.0 Å². The van der Waals surface area contributed by atoms with E-state index < -0.39 is 0 Å². The van der Waals surface area contributed by atoms with Crippen LogP contribution in [0.15, 0.2) is 18.2 Å². The van der Waals surface area contributed by atoms with E-state index in [1.807, 2.05) is 0 Å². The second-order valence-electron chi connectivity index (χ2n) is 4.00. The van der Waals surface area contributed by atoms with Crippen molar-refractivity contribution in [3.63, 3.8) is 0 Å². The lowest BCUT2D eigenvalue weighted by molar-refractivity contribution is 0.0563. The standard InChI is InChI=1S/C11H13ClN2O2/c12-10-8(2-1-3-9(10)13)11(16)14-6-4-7(15)5-6/h1-3,6-7,15H,4-5,13H2,(H,14,16). The molecule has 1 aromatic rings. The summed E-state index contributed by atoms with van der Waals surface area (Å²) < 4.78 is 0. The Bertz CT molecular complexity index is 416. The van der Waals surface area contributed by atoms with Crippen LogP contribution in [0.4, 0.5) is 5.69 Å². The maximum absolute atomic E-state index is 11.8. The highest BCUT2D eigenvalue weighted by atomic mass is 35.5. The molecular formula is C11H13ClN2O2. The van der Waals surface area contributed by atoms with Crippen LogP contribution in [0.3, 0.4) is 0 Å². The van der Waals surface area contributed by atoms with Crippen molar-refractivity contribution in [2.45, 2.75) is 25.0 Å². The Morgan fingerprint density at radius 1 is 1.50 bits per heavy atom. The second kappa shape index (κ2) is 4.31. The maximum Gasteiger partial charge on any atom is 0.253 e. The van der Waals surface area contributed by atoms with E-state index in [0.717, 1.165) is 0 Å². The molecule has 1 aromatic carbocycles. The van der Waals surface area contributed by atoms with Crippen molar-refractivity contribution in [1.29, 1.82) is 0 Å². The molecule has 5 heteroatoms. The number of nitrogen functional groups attached to an aromatic ring is 1. The SMILES string of the molecule is Nc1cccc(C(=O)NC2CC(O)C2)c1Cl. The Morgan fingerprint density at radius 3 is 2.81 bits per heavy atom. The van der Waals surface area contributed by atoms with Crippen LogP contribution in [-0.4, -0.2) is 23.2 Å². The third-order valence-corrected chi connectivity index (χ3v) is 3.14. The van der Waals surface area contributed by atoms with Gasteiger partial charge in [0.25, 0.3) is 5.91 Å². The van der Waals surface area contributed by atoms with Gasteiger partial charge in [0.2, 0.25) is 0 Å². The quantitative estimate of drug-likeness (QED) is 0.680. The number of aliphatic hydroxyl groups excluding tert-OH is 1. The van der Waals surface area contributed by atoms with Crippen molar-refractivity contribution >= 4 is 23.2 Å². The van der Waals surface area contributed by atoms with E-state index >= 15 is 0 Å². The molecule has 86 valence electrons. The molecule has 4 N–H and O–H groups in total. The molecule has 16 heavy (non-hydrogen) atoms. The topological polar surface area (TPSA) is 75.4 Å². The predicted molar refractivity (Wildman–Crippen MR) is 62.4 cm³/mol. The summed E-state index contributed by atoms with van der Waals surface area (Å²) in [4.78, 5) is 11.8. The minimum absolute atomic E-state index is 0.0417. The zero-order chi connectivity index (χ0) is 11.7. The minimum Gasteiger partial charge on any atom is -0.398 e. The lowest BCUT2D eigenvalue weighted by Crippen LogP contribution is -2.46. The van der Waals surface area contributed by atoms with Gasteiger partial charge < -0.3 is 16.2 Å². The molecule has 0 bridgehead atoms. The molecule has 0 radical (unpaired) electrons. The Balaban J connectivity index is 2.06. The molecule has 1 aliphatic carbocycles. The highest BCUT2D eigenvalue weighted by Gasteiger charge is 2.29. The Morgan fingerprint density at radius 2 is 2.19 bits per heavy atom. The molecule has 2 rings (SSSR count). The van der Waals surface area contributed by atoms with Crippen molar-refractivity contribution in [3.05, 3.63) is 28.8 Å². The van der Waals surface area contributed by atoms with Gasteiger partial charge in [-0.1, -0.05) is 17.7 Å². The first-order valence-electron chi connectivity index (χ1n) is 5.11. The molecule has 1 aliphatic rings. The number of amides is 1. The largest absolute Gasteiger partial charge is 0.398 e. The Hall–Kier alpha value is -1.26. The summed E-state index contributed by atoms with van der Waals surface area (Å²) in [5.74, 6) is -0.241. The number of carbonyl (C=O) groups is 1. The fourth-order valence-corrected chi connectivity index (χ4v) is 1.91. The van der Waals surface area contributed by atoms with Gasteiger partial charge in [0.15, 0.2) is 0 Å². The number of nitrogens with two attached hydrogens (primary N) is 1. The van der Waals surface area contributed by atoms with E-state index in [9.17, 15) is 4.79 Å². The average Bonchev–Trinajstić information content (AvgIpc) is 2.19. The minimum atomic E-state index is -0.290. The van der Waals surface area contributed by atoms with E-state index in [2.05, 4.69) is 5.32 Å². The van der Waals surface area contributed by atoms with Gasteiger partial charge in [-0.3, -0.25) is 4.79 Å². The Labute approximate surface area is 98.4 Å². The lowest BCUT2D eigenvalue weighted by Gasteiger charge is -2.32. The van der Waals surface area contributed by atoms with Crippen LogP contribution in [0.1, 0.15) is 23.2 Å². The van der Waals surface area contributed by atoms with Crippen LogP contribution >= 0.6 is 11.6 Å². The number of benzene rings is 1. The number of halogens is 1. The van der Waals surface area contributed by atoms with Crippen LogP contribution in [0, 0.1) is 0 Å². The van der Waals surface area contributed by atoms with Crippen LogP contribution < -0.4 is 11.1 Å². The van der Waals surface area contributed by atoms with E-state index in [0.29, 0.717) is 24.1 Å². The van der Waals surface area contributed by atoms with Crippen molar-refractivity contribution in [2.75, 3.05) is 5.73 Å². The fourth-order valence-electron chi connectivity index (χ4n) is 1.69. The summed E-state index contributed by atoms with van der Waals surface area (Å²) in [6.07, 6.45) is 0.916. The molecule has 0 aliphatic heterocycles. The van der Waals surface area contributed by atoms with Crippen LogP contribution in [0.5, 0.6) is 0 Å². The van der Waals surface area contributed by atoms with Crippen molar-refractivity contribution in [3.8, 4) is 0 Å². The van der Waals surface area contributed by atoms with Crippen LogP contribution in [-0.2, 0) is 0 Å². The molecule has 0 atom stereocenters. The highest BCUT2D eigenvalue weighted by molar-refractivity contribution is 6.36. The summed E-state index contributed by atoms with van der Waals surface area (Å²) >= 11 is 5.93. The second-order valence-corrected chi connectivity index (χ2v) is 4.38. The van der Waals surface area contributed by atoms with Gasteiger partial charge in [0.05, 0.1) is 22.4 Å². The average molecular weight is 241 g/mol. The zero-order valence-electron chi connectivity index (χ0n) is 8.61. The first-order valence-corrected chi connectivity index (χ1v) is 5.48. The van der Waals surface area contributed by atoms with E-state index in [4.69, 9.17) is 22.4 Å². The number of carbonyl (C=O) groups excluding carboxylic acids is 1. The predicted octanol–water partition coefficient (Wildman–Crippen LogP) is 1.18. The van der Waals surface area contributed by atoms with E-state index in [1.165, 1.54) is 0 Å². The summed E-state index contributed by atoms with van der Waals surface area (Å²) in [5, 5.41) is 12.2. The summed E-state index contributed by atoms with van der Waals surface area (Å²) in [6, 6.07) is 5.00. The number of hydrogen-bond acceptors (Lipinski definition) is 3. The highest BCUT2D eigenvalue weighted by Crippen LogP contribution is 2.24. The Kier molecular flexibility index (Phi) is 3.03. The molecule has 0 heterocycles. The molecule has 1 fully saturated rings. The summed E-state index contributed by atoms with van der Waals surface area (Å²) in [6.45, 7) is 0. The molecular weight excluding hydrogens is 228 g/mol. The van der Waals surface area contributed by atoms with Gasteiger partial charge in [-0.2, -0.15) is 0 Å². The number of aliphatic hydroxyl groups is 1. The molecule has 1 saturated carbocycles. The van der Waals surface area contributed by atoms with Gasteiger partial charge in [-0.25, -0.2) is 0 Å². The maximum atomic E-state index is 11.8. The van der Waals surface area contributed by atoms with Crippen molar-refractivity contribution in [2.24, 2.45) is 0 Å². The lowest BCUT2D eigenvalue weighted by atomic mass is 9.89. The molecule has 0 spiro atoms.